The Balaban J connectivity index is 2.19. The van der Waals surface area contributed by atoms with Gasteiger partial charge in [-0.25, -0.2) is 4.79 Å². The third kappa shape index (κ3) is 4.40. The van der Waals surface area contributed by atoms with Gasteiger partial charge in [0, 0.05) is 17.7 Å². The van der Waals surface area contributed by atoms with E-state index in [1.54, 1.807) is 18.2 Å². The number of hydrogen-bond donors (Lipinski definition) is 3. The monoisotopic (exact) mass is 348 g/mol. The van der Waals surface area contributed by atoms with Crippen LogP contribution < -0.4 is 10.6 Å². The molecule has 0 saturated carbocycles. The quantitative estimate of drug-likeness (QED) is 0.744. The SMILES string of the molecule is COCC(=O)Nc1sc(C)cc1C(=O)Nc1cccc(C(=O)O)c1. The number of aryl methyl sites for hydroxylation is 1. The highest BCUT2D eigenvalue weighted by atomic mass is 32.1. The molecule has 7 nitrogen and oxygen atoms in total. The molecule has 0 radical (unpaired) electrons. The van der Waals surface area contributed by atoms with Crippen molar-refractivity contribution in [1.82, 2.24) is 0 Å². The summed E-state index contributed by atoms with van der Waals surface area (Å²) in [6, 6.07) is 7.58. The van der Waals surface area contributed by atoms with Crippen LogP contribution in [0.25, 0.3) is 0 Å². The second-order valence-electron chi connectivity index (χ2n) is 4.92. The van der Waals surface area contributed by atoms with Crippen molar-refractivity contribution >= 4 is 39.8 Å². The van der Waals surface area contributed by atoms with Crippen LogP contribution in [0.5, 0.6) is 0 Å². The first-order valence-electron chi connectivity index (χ1n) is 6.94. The fraction of sp³-hybridized carbons (Fsp3) is 0.188. The smallest absolute Gasteiger partial charge is 0.335 e. The molecule has 1 aromatic carbocycles. The molecule has 0 unspecified atom stereocenters. The van der Waals surface area contributed by atoms with Crippen molar-refractivity contribution in [1.29, 1.82) is 0 Å². The zero-order valence-electron chi connectivity index (χ0n) is 13.1. The molecule has 126 valence electrons. The molecule has 0 atom stereocenters. The van der Waals surface area contributed by atoms with Crippen molar-refractivity contribution in [3.05, 3.63) is 46.3 Å². The van der Waals surface area contributed by atoms with Gasteiger partial charge >= 0.3 is 5.97 Å². The standard InChI is InChI=1S/C16H16N2O5S/c1-9-6-12(15(24-9)18-13(19)8-23-2)14(20)17-11-5-3-4-10(7-11)16(21)22/h3-7H,8H2,1-2H3,(H,17,20)(H,18,19)(H,21,22). The maximum atomic E-state index is 12.4. The first-order valence-corrected chi connectivity index (χ1v) is 7.76. The number of carboxylic acid groups (broad SMARTS) is 1. The van der Waals surface area contributed by atoms with Gasteiger partial charge in [0.1, 0.15) is 11.6 Å². The van der Waals surface area contributed by atoms with Gasteiger partial charge in [0.25, 0.3) is 11.8 Å². The number of amides is 2. The van der Waals surface area contributed by atoms with Crippen molar-refractivity contribution in [2.45, 2.75) is 6.92 Å². The number of aromatic carboxylic acids is 1. The molecule has 3 N–H and O–H groups in total. The summed E-state index contributed by atoms with van der Waals surface area (Å²) >= 11 is 1.27. The Morgan fingerprint density at radius 1 is 1.21 bits per heavy atom. The van der Waals surface area contributed by atoms with E-state index in [2.05, 4.69) is 10.6 Å². The number of nitrogens with one attached hydrogen (secondary N) is 2. The molecule has 0 fully saturated rings. The Hall–Kier alpha value is -2.71. The summed E-state index contributed by atoms with van der Waals surface area (Å²) in [6.07, 6.45) is 0. The third-order valence-electron chi connectivity index (χ3n) is 3.00. The Morgan fingerprint density at radius 2 is 1.96 bits per heavy atom. The predicted molar refractivity (Wildman–Crippen MR) is 90.9 cm³/mol. The lowest BCUT2D eigenvalue weighted by molar-refractivity contribution is -0.119. The number of carbonyl (C=O) groups is 3. The summed E-state index contributed by atoms with van der Waals surface area (Å²) < 4.78 is 4.75. The van der Waals surface area contributed by atoms with Crippen LogP contribution in [0.15, 0.2) is 30.3 Å². The first-order chi connectivity index (χ1) is 11.4. The molecule has 8 heteroatoms. The third-order valence-corrected chi connectivity index (χ3v) is 3.96. The number of rotatable bonds is 6. The lowest BCUT2D eigenvalue weighted by atomic mass is 10.2. The van der Waals surface area contributed by atoms with Crippen LogP contribution in [0, 0.1) is 6.92 Å². The Labute approximate surface area is 142 Å². The fourth-order valence-electron chi connectivity index (χ4n) is 2.00. The summed E-state index contributed by atoms with van der Waals surface area (Å²) in [6.45, 7) is 1.71. The van der Waals surface area contributed by atoms with Crippen molar-refractivity contribution in [2.24, 2.45) is 0 Å². The summed E-state index contributed by atoms with van der Waals surface area (Å²) in [5.74, 6) is -1.87. The maximum absolute atomic E-state index is 12.4. The van der Waals surface area contributed by atoms with Crippen LogP contribution in [0.1, 0.15) is 25.6 Å². The molecular formula is C16H16N2O5S. The van der Waals surface area contributed by atoms with Crippen molar-refractivity contribution in [3.8, 4) is 0 Å². The van der Waals surface area contributed by atoms with E-state index in [-0.39, 0.29) is 18.1 Å². The van der Waals surface area contributed by atoms with Crippen LogP contribution in [0.3, 0.4) is 0 Å². The van der Waals surface area contributed by atoms with Gasteiger partial charge in [0.2, 0.25) is 0 Å². The average Bonchev–Trinajstić information content (AvgIpc) is 2.88. The number of thiophene rings is 1. The molecule has 0 bridgehead atoms. The van der Waals surface area contributed by atoms with Crippen LogP contribution in [-0.4, -0.2) is 36.6 Å². The molecule has 0 aliphatic carbocycles. The molecule has 1 aromatic heterocycles. The normalized spacial score (nSPS) is 10.2. The van der Waals surface area contributed by atoms with Gasteiger partial charge in [0.15, 0.2) is 0 Å². The van der Waals surface area contributed by atoms with E-state index in [0.717, 1.165) is 4.88 Å². The number of hydrogen-bond acceptors (Lipinski definition) is 5. The predicted octanol–water partition coefficient (Wildman–Crippen LogP) is 2.59. The Morgan fingerprint density at radius 3 is 2.62 bits per heavy atom. The lowest BCUT2D eigenvalue weighted by Gasteiger charge is -2.08. The summed E-state index contributed by atoms with van der Waals surface area (Å²) in [5, 5.41) is 14.7. The van der Waals surface area contributed by atoms with Crippen LogP contribution in [-0.2, 0) is 9.53 Å². The van der Waals surface area contributed by atoms with E-state index in [0.29, 0.717) is 16.3 Å². The van der Waals surface area contributed by atoms with Crippen molar-refractivity contribution < 1.29 is 24.2 Å². The topological polar surface area (TPSA) is 105 Å². The molecule has 0 saturated heterocycles. The van der Waals surface area contributed by atoms with Crippen LogP contribution in [0.4, 0.5) is 10.7 Å². The minimum absolute atomic E-state index is 0.0721. The minimum atomic E-state index is -1.08. The molecule has 0 aliphatic rings. The highest BCUT2D eigenvalue weighted by molar-refractivity contribution is 7.16. The molecule has 0 aliphatic heterocycles. The van der Waals surface area contributed by atoms with Gasteiger partial charge < -0.3 is 20.5 Å². The van der Waals surface area contributed by atoms with Crippen LogP contribution in [0.2, 0.25) is 0 Å². The van der Waals surface area contributed by atoms with Crippen molar-refractivity contribution in [2.75, 3.05) is 24.4 Å². The van der Waals surface area contributed by atoms with E-state index in [4.69, 9.17) is 9.84 Å². The average molecular weight is 348 g/mol. The first kappa shape index (κ1) is 17.6. The number of carbonyl (C=O) groups excluding carboxylic acids is 2. The number of ether oxygens (including phenoxy) is 1. The van der Waals surface area contributed by atoms with Gasteiger partial charge in [-0.05, 0) is 31.2 Å². The summed E-state index contributed by atoms with van der Waals surface area (Å²) in [4.78, 5) is 35.9. The van der Waals surface area contributed by atoms with Gasteiger partial charge in [-0.3, -0.25) is 9.59 Å². The molecule has 2 aromatic rings. The Bertz CT molecular complexity index is 785. The second-order valence-corrected chi connectivity index (χ2v) is 6.18. The summed E-state index contributed by atoms with van der Waals surface area (Å²) in [7, 11) is 1.41. The van der Waals surface area contributed by atoms with Crippen LogP contribution >= 0.6 is 11.3 Å². The fourth-order valence-corrected chi connectivity index (χ4v) is 2.92. The number of carboxylic acids is 1. The molecule has 24 heavy (non-hydrogen) atoms. The number of methoxy groups -OCH3 is 1. The lowest BCUT2D eigenvalue weighted by Crippen LogP contribution is -2.19. The van der Waals surface area contributed by atoms with E-state index in [1.165, 1.54) is 30.6 Å². The second kappa shape index (κ2) is 7.71. The summed E-state index contributed by atoms with van der Waals surface area (Å²) in [5.41, 5.74) is 0.739. The Kier molecular flexibility index (Phi) is 5.67. The zero-order valence-corrected chi connectivity index (χ0v) is 13.9. The molecule has 1 heterocycles. The maximum Gasteiger partial charge on any atom is 0.335 e. The van der Waals surface area contributed by atoms with E-state index in [1.807, 2.05) is 6.92 Å². The highest BCUT2D eigenvalue weighted by Gasteiger charge is 2.17. The molecule has 2 amide bonds. The van der Waals surface area contributed by atoms with Gasteiger partial charge in [0.05, 0.1) is 11.1 Å². The van der Waals surface area contributed by atoms with Gasteiger partial charge in [-0.1, -0.05) is 6.07 Å². The largest absolute Gasteiger partial charge is 0.478 e. The molecule has 2 rings (SSSR count). The van der Waals surface area contributed by atoms with Gasteiger partial charge in [-0.2, -0.15) is 0 Å². The molecular weight excluding hydrogens is 332 g/mol. The minimum Gasteiger partial charge on any atom is -0.478 e. The number of benzene rings is 1. The van der Waals surface area contributed by atoms with E-state index >= 15 is 0 Å². The van der Waals surface area contributed by atoms with E-state index in [9.17, 15) is 14.4 Å². The highest BCUT2D eigenvalue weighted by Crippen LogP contribution is 2.28. The number of anilines is 2. The van der Waals surface area contributed by atoms with Gasteiger partial charge in [-0.15, -0.1) is 11.3 Å². The van der Waals surface area contributed by atoms with Crippen molar-refractivity contribution in [3.63, 3.8) is 0 Å². The molecule has 0 spiro atoms. The van der Waals surface area contributed by atoms with E-state index < -0.39 is 11.9 Å². The zero-order chi connectivity index (χ0) is 17.7.